The monoisotopic (exact) mass is 284 g/mol. The number of nitriles is 1. The predicted molar refractivity (Wildman–Crippen MR) is 75.8 cm³/mol. The number of hydrogen-bond donors (Lipinski definition) is 1. The molecule has 98 valence electrons. The second-order valence-corrected chi connectivity index (χ2v) is 6.98. The quantitative estimate of drug-likeness (QED) is 0.810. The molecule has 0 aliphatic rings. The molecule has 1 aromatic carbocycles. The van der Waals surface area contributed by atoms with Crippen LogP contribution in [0.1, 0.15) is 12.5 Å². The summed E-state index contributed by atoms with van der Waals surface area (Å²) in [7, 11) is -2.98. The molecule has 6 heteroatoms. The van der Waals surface area contributed by atoms with Crippen LogP contribution in [0.15, 0.2) is 23.1 Å². The topological polar surface area (TPSA) is 70.0 Å². The Kier molecular flexibility index (Phi) is 5.51. The fourth-order valence-electron chi connectivity index (χ4n) is 1.45. The first kappa shape index (κ1) is 14.9. The lowest BCUT2D eigenvalue weighted by Gasteiger charge is -2.10. The van der Waals surface area contributed by atoms with Crippen molar-refractivity contribution < 1.29 is 8.42 Å². The molecule has 0 aromatic heterocycles. The second kappa shape index (κ2) is 6.66. The summed E-state index contributed by atoms with van der Waals surface area (Å²) in [5.41, 5.74) is 1.26. The van der Waals surface area contributed by atoms with Gasteiger partial charge in [-0.25, -0.2) is 8.42 Å². The molecule has 0 aliphatic carbocycles. The summed E-state index contributed by atoms with van der Waals surface area (Å²) in [6.07, 6.45) is 1.90. The maximum atomic E-state index is 11.4. The number of hydrogen-bond acceptors (Lipinski definition) is 5. The van der Waals surface area contributed by atoms with Gasteiger partial charge in [0, 0.05) is 17.2 Å². The number of benzene rings is 1. The number of thioether (sulfide) groups is 1. The van der Waals surface area contributed by atoms with Crippen LogP contribution in [-0.2, 0) is 9.84 Å². The van der Waals surface area contributed by atoms with Crippen LogP contribution in [0.4, 0.5) is 5.69 Å². The summed E-state index contributed by atoms with van der Waals surface area (Å²) in [5.74, 6) is 0.225. The Morgan fingerprint density at radius 1 is 1.44 bits per heavy atom. The van der Waals surface area contributed by atoms with Gasteiger partial charge >= 0.3 is 0 Å². The highest BCUT2D eigenvalue weighted by atomic mass is 32.2. The van der Waals surface area contributed by atoms with Crippen molar-refractivity contribution in [1.29, 1.82) is 5.26 Å². The minimum atomic E-state index is -2.98. The van der Waals surface area contributed by atoms with Gasteiger partial charge in [0.15, 0.2) is 9.84 Å². The smallest absolute Gasteiger partial charge is 0.151 e. The van der Waals surface area contributed by atoms with E-state index in [4.69, 9.17) is 5.26 Å². The molecule has 1 aromatic rings. The molecule has 0 spiro atoms. The highest BCUT2D eigenvalue weighted by molar-refractivity contribution is 7.98. The van der Waals surface area contributed by atoms with Crippen molar-refractivity contribution in [2.75, 3.05) is 29.6 Å². The van der Waals surface area contributed by atoms with E-state index in [9.17, 15) is 8.42 Å². The average molecular weight is 284 g/mol. The SMILES string of the molecule is CCS(=O)(=O)CCNc1cccc(SC)c1C#N. The Morgan fingerprint density at radius 3 is 2.72 bits per heavy atom. The van der Waals surface area contributed by atoms with Gasteiger partial charge in [-0.2, -0.15) is 5.26 Å². The highest BCUT2D eigenvalue weighted by Crippen LogP contribution is 2.26. The summed E-state index contributed by atoms with van der Waals surface area (Å²) in [4.78, 5) is 0.890. The first-order valence-electron chi connectivity index (χ1n) is 5.55. The molecule has 0 heterocycles. The van der Waals surface area contributed by atoms with E-state index in [-0.39, 0.29) is 11.5 Å². The molecule has 0 amide bonds. The third-order valence-corrected chi connectivity index (χ3v) is 5.01. The molecule has 0 aliphatic heterocycles. The molecule has 0 unspecified atom stereocenters. The molecule has 0 saturated heterocycles. The standard InChI is InChI=1S/C12H16N2O2S2/c1-3-18(15,16)8-7-14-11-5-4-6-12(17-2)10(11)9-13/h4-6,14H,3,7-8H2,1-2H3. The Balaban J connectivity index is 2.78. The van der Waals surface area contributed by atoms with Gasteiger partial charge in [-0.1, -0.05) is 13.0 Å². The number of rotatable bonds is 6. The number of anilines is 1. The van der Waals surface area contributed by atoms with Crippen LogP contribution in [0.25, 0.3) is 0 Å². The van der Waals surface area contributed by atoms with Crippen molar-refractivity contribution in [1.82, 2.24) is 0 Å². The van der Waals surface area contributed by atoms with Gasteiger partial charge in [-0.05, 0) is 18.4 Å². The van der Waals surface area contributed by atoms with Crippen molar-refractivity contribution in [2.24, 2.45) is 0 Å². The second-order valence-electron chi connectivity index (χ2n) is 3.66. The molecule has 0 atom stereocenters. The summed E-state index contributed by atoms with van der Waals surface area (Å²) in [6, 6.07) is 7.66. The number of nitrogens with zero attached hydrogens (tertiary/aromatic N) is 1. The van der Waals surface area contributed by atoms with Gasteiger partial charge in [-0.3, -0.25) is 0 Å². The lowest BCUT2D eigenvalue weighted by Crippen LogP contribution is -2.17. The maximum absolute atomic E-state index is 11.4. The van der Waals surface area contributed by atoms with Gasteiger partial charge < -0.3 is 5.32 Å². The largest absolute Gasteiger partial charge is 0.383 e. The van der Waals surface area contributed by atoms with Gasteiger partial charge in [0.1, 0.15) is 6.07 Å². The van der Waals surface area contributed by atoms with Crippen LogP contribution >= 0.6 is 11.8 Å². The summed E-state index contributed by atoms with van der Waals surface area (Å²) in [6.45, 7) is 1.95. The van der Waals surface area contributed by atoms with Gasteiger partial charge in [0.25, 0.3) is 0 Å². The minimum Gasteiger partial charge on any atom is -0.383 e. The Labute approximate surface area is 112 Å². The predicted octanol–water partition coefficient (Wildman–Crippen LogP) is 2.13. The van der Waals surface area contributed by atoms with Crippen molar-refractivity contribution >= 4 is 27.3 Å². The molecule has 0 fully saturated rings. The molecular weight excluding hydrogens is 268 g/mol. The molecular formula is C12H16N2O2S2. The maximum Gasteiger partial charge on any atom is 0.151 e. The molecule has 0 bridgehead atoms. The van der Waals surface area contributed by atoms with Crippen molar-refractivity contribution in [3.05, 3.63) is 23.8 Å². The molecule has 0 radical (unpaired) electrons. The van der Waals surface area contributed by atoms with E-state index in [1.807, 2.05) is 18.4 Å². The Hall–Kier alpha value is -1.19. The Morgan fingerprint density at radius 2 is 2.17 bits per heavy atom. The van der Waals surface area contributed by atoms with Crippen LogP contribution in [0.5, 0.6) is 0 Å². The van der Waals surface area contributed by atoms with E-state index in [2.05, 4.69) is 11.4 Å². The lowest BCUT2D eigenvalue weighted by molar-refractivity contribution is 0.597. The van der Waals surface area contributed by atoms with Gasteiger partial charge in [0.05, 0.1) is 17.0 Å². The fourth-order valence-corrected chi connectivity index (χ4v) is 2.73. The normalized spacial score (nSPS) is 10.9. The summed E-state index contributed by atoms with van der Waals surface area (Å²) < 4.78 is 22.7. The van der Waals surface area contributed by atoms with E-state index >= 15 is 0 Å². The number of nitrogens with one attached hydrogen (secondary N) is 1. The van der Waals surface area contributed by atoms with Crippen LogP contribution < -0.4 is 5.32 Å². The van der Waals surface area contributed by atoms with E-state index in [0.29, 0.717) is 17.8 Å². The van der Waals surface area contributed by atoms with Crippen LogP contribution in [-0.4, -0.2) is 32.7 Å². The zero-order valence-corrected chi connectivity index (χ0v) is 12.1. The van der Waals surface area contributed by atoms with Gasteiger partial charge in [-0.15, -0.1) is 11.8 Å². The minimum absolute atomic E-state index is 0.0812. The van der Waals surface area contributed by atoms with Crippen LogP contribution in [0.2, 0.25) is 0 Å². The highest BCUT2D eigenvalue weighted by Gasteiger charge is 2.09. The Bertz CT molecular complexity index is 548. The molecule has 1 N–H and O–H groups in total. The first-order valence-corrected chi connectivity index (χ1v) is 8.60. The van der Waals surface area contributed by atoms with Gasteiger partial charge in [0.2, 0.25) is 0 Å². The first-order chi connectivity index (χ1) is 8.54. The van der Waals surface area contributed by atoms with Crippen molar-refractivity contribution in [3.8, 4) is 6.07 Å². The molecule has 0 saturated carbocycles. The van der Waals surface area contributed by atoms with E-state index in [1.54, 1.807) is 13.0 Å². The third-order valence-electron chi connectivity index (χ3n) is 2.53. The lowest BCUT2D eigenvalue weighted by atomic mass is 10.2. The molecule has 1 rings (SSSR count). The average Bonchev–Trinajstić information content (AvgIpc) is 2.38. The van der Waals surface area contributed by atoms with E-state index in [0.717, 1.165) is 4.90 Å². The zero-order chi connectivity index (χ0) is 13.6. The summed E-state index contributed by atoms with van der Waals surface area (Å²) in [5, 5.41) is 12.1. The number of sulfone groups is 1. The fraction of sp³-hybridized carbons (Fsp3) is 0.417. The van der Waals surface area contributed by atoms with E-state index < -0.39 is 9.84 Å². The van der Waals surface area contributed by atoms with Crippen molar-refractivity contribution in [2.45, 2.75) is 11.8 Å². The van der Waals surface area contributed by atoms with Crippen molar-refractivity contribution in [3.63, 3.8) is 0 Å². The van der Waals surface area contributed by atoms with Crippen LogP contribution in [0.3, 0.4) is 0 Å². The van der Waals surface area contributed by atoms with Crippen LogP contribution in [0, 0.1) is 11.3 Å². The summed E-state index contributed by atoms with van der Waals surface area (Å²) >= 11 is 1.50. The van der Waals surface area contributed by atoms with E-state index in [1.165, 1.54) is 11.8 Å². The third kappa shape index (κ3) is 3.93. The molecule has 4 nitrogen and oxygen atoms in total. The zero-order valence-electron chi connectivity index (χ0n) is 10.4. The molecule has 18 heavy (non-hydrogen) atoms.